The van der Waals surface area contributed by atoms with Gasteiger partial charge in [-0.3, -0.25) is 0 Å². The molecule has 68 valence electrons. The Balaban J connectivity index is 0.000001000. The number of likely N-dealkylation sites (tertiary alicyclic amines) is 1. The Kier molecular flexibility index (Phi) is 5.51. The molecule has 1 aliphatic heterocycles. The van der Waals surface area contributed by atoms with Crippen LogP contribution in [-0.4, -0.2) is 37.6 Å². The van der Waals surface area contributed by atoms with E-state index in [-0.39, 0.29) is 7.43 Å². The van der Waals surface area contributed by atoms with Crippen LogP contribution in [0.5, 0.6) is 0 Å². The quantitative estimate of drug-likeness (QED) is 0.666. The maximum Gasteiger partial charge on any atom is 0.0218 e. The lowest BCUT2D eigenvalue weighted by atomic mass is 10.2. The third kappa shape index (κ3) is 3.21. The van der Waals surface area contributed by atoms with Crippen LogP contribution in [0, 0.1) is 0 Å². The molecule has 0 aromatic carbocycles. The summed E-state index contributed by atoms with van der Waals surface area (Å²) in [6, 6.07) is 0.806. The number of hydrogen-bond donors (Lipinski definition) is 1. The summed E-state index contributed by atoms with van der Waals surface area (Å²) in [5, 5.41) is 3.38. The van der Waals surface area contributed by atoms with Gasteiger partial charge in [0.2, 0.25) is 0 Å². The fourth-order valence-electron chi connectivity index (χ4n) is 1.55. The zero-order chi connectivity index (χ0) is 7.40. The molecule has 2 heteroatoms. The number of hydrogen-bond acceptors (Lipinski definition) is 2. The highest BCUT2D eigenvalue weighted by molar-refractivity contribution is 4.77. The second kappa shape index (κ2) is 5.56. The van der Waals surface area contributed by atoms with Crippen molar-refractivity contribution in [1.82, 2.24) is 10.2 Å². The van der Waals surface area contributed by atoms with Gasteiger partial charge in [-0.15, -0.1) is 0 Å². The molecule has 1 rings (SSSR count). The minimum Gasteiger partial charge on any atom is -0.315 e. The summed E-state index contributed by atoms with van der Waals surface area (Å²) in [6.45, 7) is 5.72. The van der Waals surface area contributed by atoms with Gasteiger partial charge in [0, 0.05) is 12.6 Å². The summed E-state index contributed by atoms with van der Waals surface area (Å²) in [5.74, 6) is 0. The molecule has 1 N–H and O–H groups in total. The van der Waals surface area contributed by atoms with Crippen molar-refractivity contribution in [3.05, 3.63) is 0 Å². The molecule has 1 aliphatic rings. The Morgan fingerprint density at radius 2 is 2.27 bits per heavy atom. The molecule has 0 aromatic heterocycles. The number of likely N-dealkylation sites (N-methyl/N-ethyl adjacent to an activating group) is 2. The van der Waals surface area contributed by atoms with Gasteiger partial charge >= 0.3 is 0 Å². The van der Waals surface area contributed by atoms with E-state index < -0.39 is 0 Å². The third-order valence-electron chi connectivity index (χ3n) is 2.30. The van der Waals surface area contributed by atoms with E-state index in [9.17, 15) is 0 Å². The molecule has 1 atom stereocenters. The lowest BCUT2D eigenvalue weighted by Crippen LogP contribution is -2.35. The van der Waals surface area contributed by atoms with Gasteiger partial charge in [0.05, 0.1) is 0 Å². The van der Waals surface area contributed by atoms with Gasteiger partial charge in [-0.05, 0) is 33.0 Å². The van der Waals surface area contributed by atoms with Crippen molar-refractivity contribution in [3.63, 3.8) is 0 Å². The van der Waals surface area contributed by atoms with Crippen LogP contribution in [0.25, 0.3) is 0 Å². The molecule has 0 radical (unpaired) electrons. The predicted molar refractivity (Wildman–Crippen MR) is 50.9 cm³/mol. The van der Waals surface area contributed by atoms with E-state index in [2.05, 4.69) is 24.2 Å². The topological polar surface area (TPSA) is 15.3 Å². The van der Waals surface area contributed by atoms with Crippen LogP contribution in [0.15, 0.2) is 0 Å². The molecule has 1 fully saturated rings. The number of nitrogens with one attached hydrogen (secondary N) is 1. The van der Waals surface area contributed by atoms with Crippen molar-refractivity contribution in [2.45, 2.75) is 33.2 Å². The van der Waals surface area contributed by atoms with Crippen LogP contribution in [0.1, 0.15) is 27.2 Å². The lowest BCUT2D eigenvalue weighted by molar-refractivity contribution is 0.302. The van der Waals surface area contributed by atoms with Gasteiger partial charge in [-0.25, -0.2) is 0 Å². The van der Waals surface area contributed by atoms with Crippen LogP contribution in [-0.2, 0) is 0 Å². The summed E-state index contributed by atoms with van der Waals surface area (Å²) >= 11 is 0. The van der Waals surface area contributed by atoms with Gasteiger partial charge < -0.3 is 10.2 Å². The molecular formula is C9H22N2. The lowest BCUT2D eigenvalue weighted by Gasteiger charge is -2.18. The molecule has 11 heavy (non-hydrogen) atoms. The van der Waals surface area contributed by atoms with Gasteiger partial charge in [-0.2, -0.15) is 0 Å². The van der Waals surface area contributed by atoms with Gasteiger partial charge in [0.1, 0.15) is 0 Å². The molecule has 0 spiro atoms. The SMILES string of the molecule is C.CCNCC1CCCN1C. The molecule has 0 amide bonds. The molecule has 0 aromatic rings. The van der Waals surface area contributed by atoms with Crippen LogP contribution in [0.3, 0.4) is 0 Å². The summed E-state index contributed by atoms with van der Waals surface area (Å²) in [6.07, 6.45) is 2.76. The Morgan fingerprint density at radius 3 is 2.73 bits per heavy atom. The fourth-order valence-corrected chi connectivity index (χ4v) is 1.55. The highest BCUT2D eigenvalue weighted by Crippen LogP contribution is 2.12. The molecule has 1 saturated heterocycles. The zero-order valence-electron chi connectivity index (χ0n) is 7.06. The average Bonchev–Trinajstić information content (AvgIpc) is 2.31. The molecule has 0 bridgehead atoms. The van der Waals surface area contributed by atoms with Crippen LogP contribution < -0.4 is 5.32 Å². The maximum atomic E-state index is 3.38. The summed E-state index contributed by atoms with van der Waals surface area (Å²) in [5.41, 5.74) is 0. The standard InChI is InChI=1S/C8H18N2.CH4/c1-3-9-7-8-5-4-6-10(8)2;/h8-9H,3-7H2,1-2H3;1H4. The van der Waals surface area contributed by atoms with Crippen molar-refractivity contribution >= 4 is 0 Å². The Bertz CT molecular complexity index is 93.6. The van der Waals surface area contributed by atoms with Crippen molar-refractivity contribution in [2.75, 3.05) is 26.7 Å². The predicted octanol–water partition coefficient (Wildman–Crippen LogP) is 1.33. The molecule has 0 saturated carbocycles. The third-order valence-corrected chi connectivity index (χ3v) is 2.30. The van der Waals surface area contributed by atoms with Crippen molar-refractivity contribution in [3.8, 4) is 0 Å². The van der Waals surface area contributed by atoms with Gasteiger partial charge in [0.15, 0.2) is 0 Å². The van der Waals surface area contributed by atoms with E-state index in [1.54, 1.807) is 0 Å². The van der Waals surface area contributed by atoms with Crippen molar-refractivity contribution in [2.24, 2.45) is 0 Å². The van der Waals surface area contributed by atoms with Crippen molar-refractivity contribution < 1.29 is 0 Å². The van der Waals surface area contributed by atoms with E-state index in [1.807, 2.05) is 0 Å². The summed E-state index contributed by atoms with van der Waals surface area (Å²) in [4.78, 5) is 2.45. The maximum absolute atomic E-state index is 3.38. The smallest absolute Gasteiger partial charge is 0.0218 e. The van der Waals surface area contributed by atoms with E-state index in [4.69, 9.17) is 0 Å². The van der Waals surface area contributed by atoms with E-state index in [0.29, 0.717) is 0 Å². The average molecular weight is 158 g/mol. The molecule has 0 aliphatic carbocycles. The van der Waals surface area contributed by atoms with E-state index >= 15 is 0 Å². The number of nitrogens with zero attached hydrogens (tertiary/aromatic N) is 1. The largest absolute Gasteiger partial charge is 0.315 e. The summed E-state index contributed by atoms with van der Waals surface area (Å²) < 4.78 is 0. The monoisotopic (exact) mass is 158 g/mol. The van der Waals surface area contributed by atoms with Crippen LogP contribution >= 0.6 is 0 Å². The minimum absolute atomic E-state index is 0. The van der Waals surface area contributed by atoms with Gasteiger partial charge in [0.25, 0.3) is 0 Å². The normalized spacial score (nSPS) is 25.1. The highest BCUT2D eigenvalue weighted by atomic mass is 15.2. The highest BCUT2D eigenvalue weighted by Gasteiger charge is 2.19. The Labute approximate surface area is 71.0 Å². The first kappa shape index (κ1) is 10.9. The molecule has 1 heterocycles. The number of rotatable bonds is 3. The van der Waals surface area contributed by atoms with E-state index in [1.165, 1.54) is 25.9 Å². The van der Waals surface area contributed by atoms with Crippen LogP contribution in [0.2, 0.25) is 0 Å². The van der Waals surface area contributed by atoms with E-state index in [0.717, 1.165) is 12.6 Å². The van der Waals surface area contributed by atoms with Crippen LogP contribution in [0.4, 0.5) is 0 Å². The molecular weight excluding hydrogens is 136 g/mol. The molecule has 2 nitrogen and oxygen atoms in total. The Morgan fingerprint density at radius 1 is 1.55 bits per heavy atom. The first-order chi connectivity index (χ1) is 4.84. The first-order valence-electron chi connectivity index (χ1n) is 4.25. The Hall–Kier alpha value is -0.0800. The zero-order valence-corrected chi connectivity index (χ0v) is 7.06. The second-order valence-electron chi connectivity index (χ2n) is 3.08. The summed E-state index contributed by atoms with van der Waals surface area (Å²) in [7, 11) is 2.22. The fraction of sp³-hybridized carbons (Fsp3) is 1.00. The van der Waals surface area contributed by atoms with Crippen molar-refractivity contribution in [1.29, 1.82) is 0 Å². The second-order valence-corrected chi connectivity index (χ2v) is 3.08. The molecule has 1 unspecified atom stereocenters. The first-order valence-corrected chi connectivity index (χ1v) is 4.25. The minimum atomic E-state index is 0. The van der Waals surface area contributed by atoms with Gasteiger partial charge in [-0.1, -0.05) is 14.4 Å².